The minimum Gasteiger partial charge on any atom is -0.507 e. The van der Waals surface area contributed by atoms with Gasteiger partial charge in [-0.05, 0) is 55.8 Å². The van der Waals surface area contributed by atoms with Crippen LogP contribution >= 0.6 is 15.9 Å². The molecule has 0 unspecified atom stereocenters. The first-order valence-electron chi connectivity index (χ1n) is 8.69. The summed E-state index contributed by atoms with van der Waals surface area (Å²) in [5.41, 5.74) is 4.46. The Bertz CT molecular complexity index is 769. The van der Waals surface area contributed by atoms with Crippen molar-refractivity contribution in [3.63, 3.8) is 0 Å². The number of nitrogens with zero attached hydrogens (tertiary/aromatic N) is 2. The number of carbonyl (C=O) groups is 1. The van der Waals surface area contributed by atoms with Gasteiger partial charge in [0.2, 0.25) is 5.91 Å². The van der Waals surface area contributed by atoms with Gasteiger partial charge in [0.25, 0.3) is 0 Å². The Balaban J connectivity index is 1.44. The fourth-order valence-corrected chi connectivity index (χ4v) is 3.32. The number of benzene rings is 2. The molecule has 1 amide bonds. The van der Waals surface area contributed by atoms with Crippen molar-refractivity contribution in [2.24, 2.45) is 11.0 Å². The summed E-state index contributed by atoms with van der Waals surface area (Å²) in [5, 5.41) is 13.6. The molecule has 5 nitrogen and oxygen atoms in total. The largest absolute Gasteiger partial charge is 0.507 e. The van der Waals surface area contributed by atoms with E-state index in [4.69, 9.17) is 0 Å². The Morgan fingerprint density at radius 3 is 2.58 bits per heavy atom. The lowest BCUT2D eigenvalue weighted by Crippen LogP contribution is -2.39. The summed E-state index contributed by atoms with van der Waals surface area (Å²) >= 11 is 3.45. The van der Waals surface area contributed by atoms with Crippen LogP contribution in [0.2, 0.25) is 0 Å². The topological polar surface area (TPSA) is 64.9 Å². The SMILES string of the molecule is O=C(N/N=C\c1ccccc1O)C1CCN(Cc2ccc(Br)cc2)CC1. The molecular weight excluding hydrogens is 394 g/mol. The van der Waals surface area contributed by atoms with Crippen LogP contribution in [0.1, 0.15) is 24.0 Å². The van der Waals surface area contributed by atoms with E-state index in [0.717, 1.165) is 36.9 Å². The fraction of sp³-hybridized carbons (Fsp3) is 0.300. The summed E-state index contributed by atoms with van der Waals surface area (Å²) in [6, 6.07) is 15.2. The van der Waals surface area contributed by atoms with Crippen LogP contribution < -0.4 is 5.43 Å². The highest BCUT2D eigenvalue weighted by molar-refractivity contribution is 9.10. The number of aromatic hydroxyl groups is 1. The first kappa shape index (κ1) is 18.6. The van der Waals surface area contributed by atoms with E-state index in [1.54, 1.807) is 18.2 Å². The van der Waals surface area contributed by atoms with Gasteiger partial charge in [0.05, 0.1) is 6.21 Å². The average Bonchev–Trinajstić information content (AvgIpc) is 2.66. The summed E-state index contributed by atoms with van der Waals surface area (Å²) in [6.45, 7) is 2.71. The van der Waals surface area contributed by atoms with Crippen molar-refractivity contribution in [3.05, 3.63) is 64.1 Å². The lowest BCUT2D eigenvalue weighted by molar-refractivity contribution is -0.126. The van der Waals surface area contributed by atoms with Crippen molar-refractivity contribution in [2.75, 3.05) is 13.1 Å². The normalized spacial score (nSPS) is 16.0. The maximum absolute atomic E-state index is 12.3. The zero-order chi connectivity index (χ0) is 18.4. The van der Waals surface area contributed by atoms with Crippen molar-refractivity contribution in [3.8, 4) is 5.75 Å². The van der Waals surface area contributed by atoms with Crippen LogP contribution in [-0.2, 0) is 11.3 Å². The Kier molecular flexibility index (Phi) is 6.41. The summed E-state index contributed by atoms with van der Waals surface area (Å²) in [4.78, 5) is 14.6. The molecule has 0 aliphatic carbocycles. The van der Waals surface area contributed by atoms with Crippen LogP contribution in [-0.4, -0.2) is 35.2 Å². The second kappa shape index (κ2) is 8.96. The highest BCUT2D eigenvalue weighted by Gasteiger charge is 2.24. The number of rotatable bonds is 5. The molecule has 6 heteroatoms. The van der Waals surface area contributed by atoms with Gasteiger partial charge in [-0.3, -0.25) is 9.69 Å². The van der Waals surface area contributed by atoms with Gasteiger partial charge in [0.15, 0.2) is 0 Å². The zero-order valence-corrected chi connectivity index (χ0v) is 16.0. The Morgan fingerprint density at radius 2 is 1.88 bits per heavy atom. The van der Waals surface area contributed by atoms with Crippen LogP contribution in [0.5, 0.6) is 5.75 Å². The number of phenolic OH excluding ortho intramolecular Hbond substituents is 1. The number of amides is 1. The lowest BCUT2D eigenvalue weighted by Gasteiger charge is -2.30. The minimum atomic E-state index is -0.0556. The molecule has 0 atom stereocenters. The summed E-state index contributed by atoms with van der Waals surface area (Å²) in [6.07, 6.45) is 3.12. The number of likely N-dealkylation sites (tertiary alicyclic amines) is 1. The maximum atomic E-state index is 12.3. The Morgan fingerprint density at radius 1 is 1.19 bits per heavy atom. The van der Waals surface area contributed by atoms with Gasteiger partial charge in [0, 0.05) is 22.5 Å². The molecule has 0 spiro atoms. The second-order valence-corrected chi connectivity index (χ2v) is 7.39. The van der Waals surface area contributed by atoms with Crippen LogP contribution in [0, 0.1) is 5.92 Å². The molecule has 136 valence electrons. The molecule has 1 heterocycles. The number of phenols is 1. The van der Waals surface area contributed by atoms with E-state index in [-0.39, 0.29) is 17.6 Å². The number of halogens is 1. The van der Waals surface area contributed by atoms with E-state index in [0.29, 0.717) is 5.56 Å². The molecule has 3 rings (SSSR count). The van der Waals surface area contributed by atoms with E-state index < -0.39 is 0 Å². The maximum Gasteiger partial charge on any atom is 0.243 e. The van der Waals surface area contributed by atoms with E-state index in [1.165, 1.54) is 11.8 Å². The van der Waals surface area contributed by atoms with Gasteiger partial charge < -0.3 is 5.11 Å². The minimum absolute atomic E-state index is 0.0160. The van der Waals surface area contributed by atoms with Gasteiger partial charge in [0.1, 0.15) is 5.75 Å². The van der Waals surface area contributed by atoms with Gasteiger partial charge >= 0.3 is 0 Å². The molecule has 2 N–H and O–H groups in total. The molecule has 26 heavy (non-hydrogen) atoms. The predicted molar refractivity (Wildman–Crippen MR) is 106 cm³/mol. The van der Waals surface area contributed by atoms with E-state index in [1.807, 2.05) is 6.07 Å². The van der Waals surface area contributed by atoms with E-state index in [2.05, 4.69) is 55.6 Å². The molecule has 0 radical (unpaired) electrons. The first-order chi connectivity index (χ1) is 12.6. The summed E-state index contributed by atoms with van der Waals surface area (Å²) in [7, 11) is 0. The van der Waals surface area contributed by atoms with Gasteiger partial charge in [-0.1, -0.05) is 40.2 Å². The molecular formula is C20H22BrN3O2. The molecule has 2 aromatic rings. The Hall–Kier alpha value is -2.18. The van der Waals surface area contributed by atoms with Crippen LogP contribution in [0.3, 0.4) is 0 Å². The number of nitrogens with one attached hydrogen (secondary N) is 1. The zero-order valence-electron chi connectivity index (χ0n) is 14.4. The number of carbonyl (C=O) groups excluding carboxylic acids is 1. The highest BCUT2D eigenvalue weighted by Crippen LogP contribution is 2.20. The predicted octanol–water partition coefficient (Wildman–Crippen LogP) is 3.52. The smallest absolute Gasteiger partial charge is 0.243 e. The second-order valence-electron chi connectivity index (χ2n) is 6.47. The summed E-state index contributed by atoms with van der Waals surface area (Å²) in [5.74, 6) is 0.0735. The number of hydrogen-bond acceptors (Lipinski definition) is 4. The molecule has 2 aromatic carbocycles. The standard InChI is InChI=1S/C20H22BrN3O2/c21-18-7-5-15(6-8-18)14-24-11-9-16(10-12-24)20(26)23-22-13-17-3-1-2-4-19(17)25/h1-8,13,16,25H,9-12,14H2,(H,23,26)/b22-13-. The monoisotopic (exact) mass is 415 g/mol. The first-order valence-corrected chi connectivity index (χ1v) is 9.49. The van der Waals surface area contributed by atoms with Crippen molar-refractivity contribution in [1.82, 2.24) is 10.3 Å². The molecule has 0 saturated carbocycles. The molecule has 0 aromatic heterocycles. The average molecular weight is 416 g/mol. The third-order valence-electron chi connectivity index (χ3n) is 4.59. The van der Waals surface area contributed by atoms with Gasteiger partial charge in [-0.15, -0.1) is 0 Å². The van der Waals surface area contributed by atoms with Gasteiger partial charge in [-0.2, -0.15) is 5.10 Å². The quantitative estimate of drug-likeness (QED) is 0.579. The van der Waals surface area contributed by atoms with Crippen LogP contribution in [0.4, 0.5) is 0 Å². The molecule has 1 saturated heterocycles. The molecule has 1 aliphatic heterocycles. The number of piperidine rings is 1. The Labute approximate surface area is 161 Å². The van der Waals surface area contributed by atoms with Gasteiger partial charge in [-0.25, -0.2) is 5.43 Å². The molecule has 0 bridgehead atoms. The van der Waals surface area contributed by atoms with E-state index in [9.17, 15) is 9.90 Å². The number of hydrogen-bond donors (Lipinski definition) is 2. The van der Waals surface area contributed by atoms with Crippen molar-refractivity contribution < 1.29 is 9.90 Å². The van der Waals surface area contributed by atoms with Crippen molar-refractivity contribution in [1.29, 1.82) is 0 Å². The lowest BCUT2D eigenvalue weighted by atomic mass is 9.96. The summed E-state index contributed by atoms with van der Waals surface area (Å²) < 4.78 is 1.08. The highest BCUT2D eigenvalue weighted by atomic mass is 79.9. The number of para-hydroxylation sites is 1. The third-order valence-corrected chi connectivity index (χ3v) is 5.12. The molecule has 1 aliphatic rings. The van der Waals surface area contributed by atoms with Crippen molar-refractivity contribution >= 4 is 28.1 Å². The molecule has 1 fully saturated rings. The fourth-order valence-electron chi connectivity index (χ4n) is 3.05. The van der Waals surface area contributed by atoms with Crippen LogP contribution in [0.15, 0.2) is 58.1 Å². The number of hydrazone groups is 1. The van der Waals surface area contributed by atoms with Crippen molar-refractivity contribution in [2.45, 2.75) is 19.4 Å². The van der Waals surface area contributed by atoms with E-state index >= 15 is 0 Å². The van der Waals surface area contributed by atoms with Crippen LogP contribution in [0.25, 0.3) is 0 Å². The third kappa shape index (κ3) is 5.16.